The predicted molar refractivity (Wildman–Crippen MR) is 369 cm³/mol. The van der Waals surface area contributed by atoms with Crippen molar-refractivity contribution in [2.45, 2.75) is 324 Å². The van der Waals surface area contributed by atoms with Crippen LogP contribution in [0.1, 0.15) is 81.1 Å². The zero-order valence-corrected chi connectivity index (χ0v) is 64.5. The Balaban J connectivity index is 0.000000276. The molecule has 0 radical (unpaired) electrons. The van der Waals surface area contributed by atoms with Gasteiger partial charge in [-0.1, -0.05) is 27.7 Å². The van der Waals surface area contributed by atoms with E-state index in [1.807, 2.05) is 0 Å². The fourth-order valence-corrected chi connectivity index (χ4v) is 14.4. The zero-order valence-electron chi connectivity index (χ0n) is 64.5. The van der Waals surface area contributed by atoms with Crippen LogP contribution in [0.2, 0.25) is 0 Å². The van der Waals surface area contributed by atoms with Gasteiger partial charge in [-0.25, -0.2) is 9.59 Å². The Morgan fingerprint density at radius 3 is 1.05 bits per heavy atom. The number of aliphatic carboxylic acids is 2. The molecule has 116 heavy (non-hydrogen) atoms. The van der Waals surface area contributed by atoms with Gasteiger partial charge in [-0.3, -0.25) is 9.59 Å². The standard InChI is InChI=1S/4C17H30O12/c1-7-9(21)3-17(26-6-20,28-15(7)12(23)10(22)4-18)29-16-8(2)27-11(5-19)13(24)14(16)25;1-7-9(21)3-17(26-6-20,28-15(7)13(24)10(22)4-18)29-16-12(23)8(2)27-11(5-19)14(16)25;1-6-8(20)3-17(16(25)26,28-14(6)12(23)9(21)4-18)29-15-10(5-19)27-7(2)11(22)13(15)24;1-6-8(19)3-17(16(25)26,29-15(6)12(22)9(20)4-18)27-5-10-13(23)14(24)11(21)7(2)28-10/h2*6-16,18-19,21-25H,3-5H2,1-2H3;2*6-15,18-24H,3-5H2,1-2H3,(H,25,26)/t7-,8+,9-,10-,11?,12-,13-,14+,15?,16?,17+;7-,8+,9-,10-,11?,12?,13-,14-,15?,16-,17+;6-,7+,8-,9-,10?,11?,12-,13-,14?,15-,17+;6-,7+,8-,9-,10?,11?,12-,13-,14-,15?,17-/m1111/s1. The molecule has 8 aliphatic rings. The second kappa shape index (κ2) is 44.6. The van der Waals surface area contributed by atoms with Crippen molar-refractivity contribution in [2.24, 2.45) is 23.7 Å². The molecule has 0 aromatic heterocycles. The molecule has 680 valence electrons. The summed E-state index contributed by atoms with van der Waals surface area (Å²) >= 11 is 0. The monoisotopic (exact) mass is 1700 g/mol. The van der Waals surface area contributed by atoms with Gasteiger partial charge in [0.2, 0.25) is 0 Å². The number of aliphatic hydroxyl groups excluding tert-OH is 28. The summed E-state index contributed by atoms with van der Waals surface area (Å²) in [6.07, 6.45) is -51.8. The molecule has 8 heterocycles. The van der Waals surface area contributed by atoms with Gasteiger partial charge in [0.15, 0.2) is 0 Å². The lowest BCUT2D eigenvalue weighted by Gasteiger charge is -2.49. The molecule has 0 aliphatic carbocycles. The molecule has 48 nitrogen and oxygen atoms in total. The number of ether oxygens (including phenoxy) is 14. The van der Waals surface area contributed by atoms with Gasteiger partial charge < -0.3 is 220 Å². The van der Waals surface area contributed by atoms with Gasteiger partial charge in [-0.15, -0.1) is 0 Å². The molecule has 8 aliphatic heterocycles. The van der Waals surface area contributed by atoms with Gasteiger partial charge in [0, 0.05) is 36.5 Å². The first-order valence-electron chi connectivity index (χ1n) is 37.4. The maximum absolute atomic E-state index is 12.1. The van der Waals surface area contributed by atoms with Crippen LogP contribution in [0.5, 0.6) is 0 Å². The predicted octanol–water partition coefficient (Wildman–Crippen LogP) is -15.3. The first kappa shape index (κ1) is 103. The Morgan fingerprint density at radius 1 is 0.353 bits per heavy atom. The number of hydrogen-bond donors (Lipinski definition) is 30. The average molecular weight is 1710 g/mol. The molecule has 0 amide bonds. The zero-order chi connectivity index (χ0) is 88.0. The number of carbonyl (C=O) groups excluding carboxylic acids is 2. The molecule has 8 fully saturated rings. The highest BCUT2D eigenvalue weighted by Crippen LogP contribution is 2.44. The minimum atomic E-state index is -2.59. The van der Waals surface area contributed by atoms with Crippen molar-refractivity contribution in [3.63, 3.8) is 0 Å². The van der Waals surface area contributed by atoms with Gasteiger partial charge in [-0.05, 0) is 27.7 Å². The lowest BCUT2D eigenvalue weighted by molar-refractivity contribution is -0.440. The number of hydrogen-bond acceptors (Lipinski definition) is 46. The Morgan fingerprint density at radius 2 is 0.664 bits per heavy atom. The van der Waals surface area contributed by atoms with E-state index in [1.165, 1.54) is 55.4 Å². The van der Waals surface area contributed by atoms with Crippen LogP contribution in [0.4, 0.5) is 0 Å². The quantitative estimate of drug-likeness (QED) is 0.0235. The van der Waals surface area contributed by atoms with Crippen LogP contribution in [-0.2, 0) is 85.5 Å². The molecule has 8 saturated heterocycles. The van der Waals surface area contributed by atoms with Gasteiger partial charge in [0.05, 0.1) is 139 Å². The Kier molecular flexibility index (Phi) is 39.5. The fourth-order valence-electron chi connectivity index (χ4n) is 14.4. The number of carboxylic acids is 2. The molecule has 30 N–H and O–H groups in total. The van der Waals surface area contributed by atoms with E-state index in [4.69, 9.17) is 86.7 Å². The van der Waals surface area contributed by atoms with Gasteiger partial charge >= 0.3 is 23.9 Å². The number of carboxylic acid groups (broad SMARTS) is 2. The van der Waals surface area contributed by atoms with Gasteiger partial charge in [-0.2, -0.15) is 0 Å². The summed E-state index contributed by atoms with van der Waals surface area (Å²) in [5.41, 5.74) is 0. The average Bonchev–Trinajstić information content (AvgIpc) is 0.775. The van der Waals surface area contributed by atoms with E-state index in [0.717, 1.165) is 0 Å². The molecule has 48 heteroatoms. The van der Waals surface area contributed by atoms with E-state index >= 15 is 0 Å². The molecule has 0 aromatic rings. The number of aliphatic hydroxyl groups is 28. The van der Waals surface area contributed by atoms with Crippen LogP contribution in [0.25, 0.3) is 0 Å². The second-order valence-electron chi connectivity index (χ2n) is 30.3. The highest BCUT2D eigenvalue weighted by molar-refractivity contribution is 5.76. The van der Waals surface area contributed by atoms with Crippen molar-refractivity contribution in [2.75, 3.05) is 52.9 Å². The van der Waals surface area contributed by atoms with E-state index < -0.39 is 357 Å². The fraction of sp³-hybridized carbons (Fsp3) is 0.941. The van der Waals surface area contributed by atoms with Crippen LogP contribution < -0.4 is 0 Å². The SMILES string of the molecule is C[C@@H]1OC(CO)[C@@H](O)[C@H](O)C1O[C@]1(OC=O)C[C@@H](O)[C@@H](C)C([C@H](O)[C@H](O)CO)O1.C[C@@H]1OC(CO)[C@@H](O)[C@H](O[C@]2(OC=O)C[C@@H](O)[C@@H](C)C([C@H](O)[C@H](O)CO)O2)C1O.C[C@@H]1OC(CO)[C@@H](O[C@]2(C(=O)O)C[C@@H](O)[C@@H](C)C([C@H](O)[C@H](O)CO)O2)[C@H](O)C1O.C[C@@H]1OC(CO[C@]2(C(=O)O)C[C@@H](O)[C@@H](C)C([C@H](O)[C@H](O)CO)O2)[C@@H](O)[C@H](O)C1O. The van der Waals surface area contributed by atoms with Crippen LogP contribution >= 0.6 is 0 Å². The summed E-state index contributed by atoms with van der Waals surface area (Å²) in [5.74, 6) is -16.1. The van der Waals surface area contributed by atoms with Gasteiger partial charge in [0.1, 0.15) is 146 Å². The number of carbonyl (C=O) groups is 4. The smallest absolute Gasteiger partial charge is 0.364 e. The van der Waals surface area contributed by atoms with E-state index in [9.17, 15) is 152 Å². The molecular weight excluding hydrogens is 1580 g/mol. The summed E-state index contributed by atoms with van der Waals surface area (Å²) in [6, 6.07) is 0. The third-order valence-electron chi connectivity index (χ3n) is 22.1. The van der Waals surface area contributed by atoms with Crippen LogP contribution in [0.3, 0.4) is 0 Å². The molecule has 0 spiro atoms. The normalized spacial score (nSPS) is 45.5. The Hall–Kier alpha value is -3.72. The highest BCUT2D eigenvalue weighted by atomic mass is 16.9. The van der Waals surface area contributed by atoms with E-state index in [0.29, 0.717) is 0 Å². The highest BCUT2D eigenvalue weighted by Gasteiger charge is 2.62. The van der Waals surface area contributed by atoms with E-state index in [2.05, 4.69) is 0 Å². The Labute approximate surface area is 662 Å². The molecular formula is C68H120O48. The maximum Gasteiger partial charge on any atom is 0.364 e. The van der Waals surface area contributed by atoms with Crippen molar-refractivity contribution >= 4 is 24.9 Å². The molecule has 0 bridgehead atoms. The number of rotatable bonds is 30. The van der Waals surface area contributed by atoms with Crippen molar-refractivity contribution in [3.8, 4) is 0 Å². The van der Waals surface area contributed by atoms with Crippen LogP contribution in [0, 0.1) is 23.7 Å². The third-order valence-corrected chi connectivity index (χ3v) is 22.1. The van der Waals surface area contributed by atoms with Crippen molar-refractivity contribution < 1.29 is 239 Å². The van der Waals surface area contributed by atoms with Crippen molar-refractivity contribution in [1.82, 2.24) is 0 Å². The summed E-state index contributed by atoms with van der Waals surface area (Å²) < 4.78 is 75.5. The topological polar surface area (TPSA) is 804 Å². The lowest BCUT2D eigenvalue weighted by atomic mass is 9.84. The molecule has 44 atom stereocenters. The summed E-state index contributed by atoms with van der Waals surface area (Å²) in [7, 11) is 0. The van der Waals surface area contributed by atoms with E-state index in [1.54, 1.807) is 0 Å². The van der Waals surface area contributed by atoms with Crippen LogP contribution in [-0.4, -0.2) is 474 Å². The van der Waals surface area contributed by atoms with E-state index in [-0.39, 0.29) is 12.9 Å². The van der Waals surface area contributed by atoms with Gasteiger partial charge in [0.25, 0.3) is 24.5 Å². The van der Waals surface area contributed by atoms with Crippen molar-refractivity contribution in [3.05, 3.63) is 0 Å². The third kappa shape index (κ3) is 23.8. The molecule has 0 saturated carbocycles. The largest absolute Gasteiger partial charge is 0.477 e. The Bertz CT molecular complexity index is 2930. The summed E-state index contributed by atoms with van der Waals surface area (Å²) in [5, 5.41) is 297. The second-order valence-corrected chi connectivity index (χ2v) is 30.3. The van der Waals surface area contributed by atoms with Crippen LogP contribution in [0.15, 0.2) is 0 Å². The molecule has 8 rings (SSSR count). The minimum Gasteiger partial charge on any atom is -0.477 e. The summed E-state index contributed by atoms with van der Waals surface area (Å²) in [6.45, 7) is 6.18. The first-order chi connectivity index (χ1) is 54.1. The lowest BCUT2D eigenvalue weighted by Crippen LogP contribution is -2.66. The minimum absolute atomic E-state index is 0.0116. The summed E-state index contributed by atoms with van der Waals surface area (Å²) in [4.78, 5) is 46.2. The first-order valence-corrected chi connectivity index (χ1v) is 37.4. The molecule has 0 aromatic carbocycles. The molecule has 12 unspecified atom stereocenters. The van der Waals surface area contributed by atoms with Crippen molar-refractivity contribution in [1.29, 1.82) is 0 Å². The maximum atomic E-state index is 12.1.